The highest BCUT2D eigenvalue weighted by Crippen LogP contribution is 2.27. The van der Waals surface area contributed by atoms with Crippen molar-refractivity contribution < 1.29 is 58.2 Å². The lowest BCUT2D eigenvalue weighted by molar-refractivity contribution is -0.301. The van der Waals surface area contributed by atoms with Crippen molar-refractivity contribution in [1.29, 1.82) is 0 Å². The Morgan fingerprint density at radius 1 is 0.438 bits per heavy atom. The standard InChI is InChI=1S/C61H112O12/c1-4-7-10-13-16-19-22-24-26-27-29-30-33-35-38-41-44-47-53(62)69-50-52(71-54(63)48-45-42-39-37-34-31-28-25-23-20-17-14-11-8-5-2)51-70-61-59(57(66)56(65)58(73-61)60(67)68)72-55(64)49-46-43-40-36-32-21-18-15-12-9-6-3/h15,18,52,56-59,61,65-66H,4-14,16-17,19-51H2,1-3H3,(H,67,68)/b18-15-. The number of rotatable bonds is 53. The van der Waals surface area contributed by atoms with Crippen LogP contribution < -0.4 is 0 Å². The molecule has 428 valence electrons. The maximum atomic E-state index is 13.1. The van der Waals surface area contributed by atoms with Crippen LogP contribution in [0.3, 0.4) is 0 Å². The average molecular weight is 1040 g/mol. The Morgan fingerprint density at radius 3 is 1.21 bits per heavy atom. The smallest absolute Gasteiger partial charge is 0.335 e. The number of aliphatic hydroxyl groups excluding tert-OH is 2. The van der Waals surface area contributed by atoms with Crippen LogP contribution in [0.5, 0.6) is 0 Å². The lowest BCUT2D eigenvalue weighted by atomic mass is 9.98. The molecule has 1 aliphatic heterocycles. The highest BCUT2D eigenvalue weighted by atomic mass is 16.7. The maximum absolute atomic E-state index is 13.1. The van der Waals surface area contributed by atoms with E-state index >= 15 is 0 Å². The summed E-state index contributed by atoms with van der Waals surface area (Å²) >= 11 is 0. The molecule has 1 aliphatic rings. The molecule has 6 atom stereocenters. The Balaban J connectivity index is 2.65. The van der Waals surface area contributed by atoms with Gasteiger partial charge in [0.15, 0.2) is 24.6 Å². The van der Waals surface area contributed by atoms with Gasteiger partial charge in [-0.05, 0) is 38.5 Å². The topological polar surface area (TPSA) is 175 Å². The number of hydrogen-bond acceptors (Lipinski definition) is 11. The maximum Gasteiger partial charge on any atom is 0.335 e. The van der Waals surface area contributed by atoms with Crippen LogP contribution in [0.25, 0.3) is 0 Å². The van der Waals surface area contributed by atoms with E-state index in [2.05, 4.69) is 32.9 Å². The number of carboxylic acid groups (broad SMARTS) is 1. The molecule has 6 unspecified atom stereocenters. The monoisotopic (exact) mass is 1040 g/mol. The molecule has 1 rings (SSSR count). The van der Waals surface area contributed by atoms with Gasteiger partial charge in [-0.25, -0.2) is 4.79 Å². The fraction of sp³-hybridized carbons (Fsp3) is 0.902. The quantitative estimate of drug-likeness (QED) is 0.0228. The Bertz CT molecular complexity index is 1320. The summed E-state index contributed by atoms with van der Waals surface area (Å²) in [6.07, 6.45) is 43.3. The van der Waals surface area contributed by atoms with E-state index in [0.717, 1.165) is 77.0 Å². The molecule has 73 heavy (non-hydrogen) atoms. The summed E-state index contributed by atoms with van der Waals surface area (Å²) in [5.74, 6) is -3.09. The van der Waals surface area contributed by atoms with Gasteiger partial charge in [0.2, 0.25) is 0 Å². The zero-order valence-electron chi connectivity index (χ0n) is 47.2. The van der Waals surface area contributed by atoms with Crippen molar-refractivity contribution in [2.24, 2.45) is 0 Å². The van der Waals surface area contributed by atoms with Crippen molar-refractivity contribution in [2.45, 2.75) is 340 Å². The van der Waals surface area contributed by atoms with E-state index in [1.165, 1.54) is 167 Å². The second kappa shape index (κ2) is 50.3. The summed E-state index contributed by atoms with van der Waals surface area (Å²) in [5, 5.41) is 31.4. The third kappa shape index (κ3) is 40.4. The van der Waals surface area contributed by atoms with Gasteiger partial charge in [0.1, 0.15) is 18.8 Å². The van der Waals surface area contributed by atoms with Crippen LogP contribution in [0, 0.1) is 0 Å². The van der Waals surface area contributed by atoms with Gasteiger partial charge < -0.3 is 39.0 Å². The van der Waals surface area contributed by atoms with Gasteiger partial charge >= 0.3 is 23.9 Å². The van der Waals surface area contributed by atoms with Crippen molar-refractivity contribution in [3.8, 4) is 0 Å². The second-order valence-corrected chi connectivity index (χ2v) is 21.4. The minimum atomic E-state index is -1.90. The first kappa shape index (κ1) is 68.5. The first-order valence-electron chi connectivity index (χ1n) is 30.7. The third-order valence-electron chi connectivity index (χ3n) is 14.3. The van der Waals surface area contributed by atoms with Crippen molar-refractivity contribution in [3.63, 3.8) is 0 Å². The molecule has 12 nitrogen and oxygen atoms in total. The lowest BCUT2D eigenvalue weighted by Crippen LogP contribution is -2.61. The van der Waals surface area contributed by atoms with E-state index < -0.39 is 67.3 Å². The van der Waals surface area contributed by atoms with Gasteiger partial charge in [-0.15, -0.1) is 0 Å². The predicted molar refractivity (Wildman–Crippen MR) is 294 cm³/mol. The summed E-state index contributed by atoms with van der Waals surface area (Å²) in [6, 6.07) is 0. The number of aliphatic carboxylic acids is 1. The zero-order valence-corrected chi connectivity index (χ0v) is 47.2. The Kier molecular flexibility index (Phi) is 47.2. The number of carbonyl (C=O) groups is 4. The highest BCUT2D eigenvalue weighted by Gasteiger charge is 2.50. The SMILES string of the molecule is CCCC/C=C\CCCCCCCC(=O)OC1C(OCC(COC(=O)CCCCCCCCCCCCCCCCCCC)OC(=O)CCCCCCCCCCCCCCCCC)OC(C(=O)O)C(O)C1O. The number of ether oxygens (including phenoxy) is 5. The number of esters is 3. The van der Waals surface area contributed by atoms with E-state index in [1.54, 1.807) is 0 Å². The minimum Gasteiger partial charge on any atom is -0.479 e. The zero-order chi connectivity index (χ0) is 53.3. The molecule has 0 amide bonds. The summed E-state index contributed by atoms with van der Waals surface area (Å²) in [6.45, 7) is 5.99. The lowest BCUT2D eigenvalue weighted by Gasteiger charge is -2.40. The van der Waals surface area contributed by atoms with Gasteiger partial charge in [-0.1, -0.05) is 258 Å². The molecule has 3 N–H and O–H groups in total. The van der Waals surface area contributed by atoms with Gasteiger partial charge in [-0.3, -0.25) is 14.4 Å². The van der Waals surface area contributed by atoms with Crippen LogP contribution in [0.4, 0.5) is 0 Å². The molecular formula is C61H112O12. The second-order valence-electron chi connectivity index (χ2n) is 21.4. The van der Waals surface area contributed by atoms with Crippen LogP contribution >= 0.6 is 0 Å². The van der Waals surface area contributed by atoms with Gasteiger partial charge in [-0.2, -0.15) is 0 Å². The first-order chi connectivity index (χ1) is 35.6. The van der Waals surface area contributed by atoms with Crippen molar-refractivity contribution in [1.82, 2.24) is 0 Å². The Morgan fingerprint density at radius 2 is 0.795 bits per heavy atom. The molecule has 0 aromatic carbocycles. The van der Waals surface area contributed by atoms with Gasteiger partial charge in [0.05, 0.1) is 6.61 Å². The minimum absolute atomic E-state index is 0.0558. The van der Waals surface area contributed by atoms with Crippen LogP contribution in [0.1, 0.15) is 303 Å². The van der Waals surface area contributed by atoms with Crippen LogP contribution in [-0.4, -0.2) is 89.2 Å². The molecule has 12 heteroatoms. The van der Waals surface area contributed by atoms with Crippen LogP contribution in [-0.2, 0) is 42.9 Å². The Hall–Kier alpha value is -2.54. The number of unbranched alkanes of at least 4 members (excludes halogenated alkanes) is 37. The normalized spacial score (nSPS) is 18.3. The molecule has 0 spiro atoms. The fourth-order valence-corrected chi connectivity index (χ4v) is 9.59. The van der Waals surface area contributed by atoms with E-state index in [4.69, 9.17) is 23.7 Å². The van der Waals surface area contributed by atoms with Crippen molar-refractivity contribution in [3.05, 3.63) is 12.2 Å². The third-order valence-corrected chi connectivity index (χ3v) is 14.3. The molecule has 1 fully saturated rings. The van der Waals surface area contributed by atoms with Gasteiger partial charge in [0.25, 0.3) is 0 Å². The van der Waals surface area contributed by atoms with Crippen LogP contribution in [0.15, 0.2) is 12.2 Å². The van der Waals surface area contributed by atoms with E-state index in [9.17, 15) is 34.5 Å². The largest absolute Gasteiger partial charge is 0.479 e. The summed E-state index contributed by atoms with van der Waals surface area (Å²) in [4.78, 5) is 51.1. The number of carbonyl (C=O) groups excluding carboxylic acids is 3. The predicted octanol–water partition coefficient (Wildman–Crippen LogP) is 15.7. The number of allylic oxidation sites excluding steroid dienone is 2. The number of aliphatic hydroxyl groups is 2. The van der Waals surface area contributed by atoms with Gasteiger partial charge in [0, 0.05) is 19.3 Å². The summed E-state index contributed by atoms with van der Waals surface area (Å²) < 4.78 is 28.5. The molecule has 0 aromatic rings. The molecule has 1 heterocycles. The first-order valence-corrected chi connectivity index (χ1v) is 30.7. The molecule has 0 aliphatic carbocycles. The number of carboxylic acids is 1. The van der Waals surface area contributed by atoms with E-state index in [-0.39, 0.29) is 25.9 Å². The molecular weight excluding hydrogens is 925 g/mol. The van der Waals surface area contributed by atoms with E-state index in [1.807, 2.05) is 0 Å². The van der Waals surface area contributed by atoms with Crippen LogP contribution in [0.2, 0.25) is 0 Å². The van der Waals surface area contributed by atoms with E-state index in [0.29, 0.717) is 19.3 Å². The number of hydrogen-bond donors (Lipinski definition) is 3. The summed E-state index contributed by atoms with van der Waals surface area (Å²) in [5.41, 5.74) is 0. The molecule has 0 saturated carbocycles. The summed E-state index contributed by atoms with van der Waals surface area (Å²) in [7, 11) is 0. The highest BCUT2D eigenvalue weighted by molar-refractivity contribution is 5.74. The molecule has 0 radical (unpaired) electrons. The molecule has 1 saturated heterocycles. The molecule has 0 bridgehead atoms. The fourth-order valence-electron chi connectivity index (χ4n) is 9.59. The Labute approximate surface area is 446 Å². The molecule has 0 aromatic heterocycles. The van der Waals surface area contributed by atoms with Crippen molar-refractivity contribution >= 4 is 23.9 Å². The average Bonchev–Trinajstić information content (AvgIpc) is 3.37. The van der Waals surface area contributed by atoms with Crippen molar-refractivity contribution in [2.75, 3.05) is 13.2 Å².